The highest BCUT2D eigenvalue weighted by Crippen LogP contribution is 2.32. The first kappa shape index (κ1) is 13.0. The summed E-state index contributed by atoms with van der Waals surface area (Å²) in [6.07, 6.45) is 7.47. The summed E-state index contributed by atoms with van der Waals surface area (Å²) < 4.78 is 0. The Labute approximate surface area is 94.5 Å². The molecule has 0 aliphatic heterocycles. The molecule has 1 aliphatic rings. The minimum Gasteiger partial charge on any atom is -0.392 e. The zero-order chi connectivity index (χ0) is 11.1. The largest absolute Gasteiger partial charge is 0.392 e. The molecule has 90 valence electrons. The molecule has 3 atom stereocenters. The van der Waals surface area contributed by atoms with Gasteiger partial charge in [0.1, 0.15) is 0 Å². The Balaban J connectivity index is 2.22. The molecule has 2 N–H and O–H groups in total. The Morgan fingerprint density at radius 3 is 2.80 bits per heavy atom. The number of nitrogens with one attached hydrogen (secondary N) is 1. The maximum atomic E-state index is 10.1. The Morgan fingerprint density at radius 2 is 2.13 bits per heavy atom. The molecule has 1 fully saturated rings. The first-order valence-electron chi connectivity index (χ1n) is 6.66. The molecule has 2 nitrogen and oxygen atoms in total. The van der Waals surface area contributed by atoms with Crippen molar-refractivity contribution >= 4 is 0 Å². The van der Waals surface area contributed by atoms with E-state index in [-0.39, 0.29) is 6.10 Å². The van der Waals surface area contributed by atoms with E-state index in [2.05, 4.69) is 19.2 Å². The molecule has 15 heavy (non-hydrogen) atoms. The van der Waals surface area contributed by atoms with Gasteiger partial charge in [-0.3, -0.25) is 0 Å². The molecule has 3 unspecified atom stereocenters. The zero-order valence-corrected chi connectivity index (χ0v) is 10.3. The lowest BCUT2D eigenvalue weighted by atomic mass is 9.77. The summed E-state index contributed by atoms with van der Waals surface area (Å²) in [5, 5.41) is 13.4. The number of aliphatic hydroxyl groups excluding tert-OH is 1. The molecule has 0 saturated heterocycles. The van der Waals surface area contributed by atoms with Crippen molar-refractivity contribution in [3.63, 3.8) is 0 Å². The van der Waals surface area contributed by atoms with Crippen LogP contribution in [0.25, 0.3) is 0 Å². The Bertz CT molecular complexity index is 161. The number of rotatable bonds is 6. The van der Waals surface area contributed by atoms with Crippen molar-refractivity contribution in [2.24, 2.45) is 11.8 Å². The molecule has 0 radical (unpaired) electrons. The molecule has 1 saturated carbocycles. The fourth-order valence-corrected chi connectivity index (χ4v) is 2.65. The third kappa shape index (κ3) is 4.52. The van der Waals surface area contributed by atoms with Crippen molar-refractivity contribution in [1.82, 2.24) is 5.32 Å². The average molecular weight is 213 g/mol. The first-order chi connectivity index (χ1) is 7.27. The lowest BCUT2D eigenvalue weighted by Crippen LogP contribution is -2.35. The van der Waals surface area contributed by atoms with E-state index in [1.165, 1.54) is 32.1 Å². The van der Waals surface area contributed by atoms with Crippen molar-refractivity contribution in [1.29, 1.82) is 0 Å². The number of aliphatic hydroxyl groups is 1. The van der Waals surface area contributed by atoms with Crippen molar-refractivity contribution in [2.45, 2.75) is 58.5 Å². The van der Waals surface area contributed by atoms with E-state index in [0.29, 0.717) is 5.92 Å². The number of hydrogen-bond donors (Lipinski definition) is 2. The normalized spacial score (nSPS) is 29.0. The molecule has 0 aromatic carbocycles. The van der Waals surface area contributed by atoms with Gasteiger partial charge in [0.2, 0.25) is 0 Å². The van der Waals surface area contributed by atoms with Gasteiger partial charge in [-0.2, -0.15) is 0 Å². The van der Waals surface area contributed by atoms with E-state index < -0.39 is 0 Å². The highest BCUT2D eigenvalue weighted by molar-refractivity contribution is 4.78. The van der Waals surface area contributed by atoms with Crippen LogP contribution in [0.2, 0.25) is 0 Å². The Hall–Kier alpha value is -0.0800. The minimum absolute atomic E-state index is 0.120. The minimum atomic E-state index is -0.120. The highest BCUT2D eigenvalue weighted by atomic mass is 16.3. The van der Waals surface area contributed by atoms with Gasteiger partial charge >= 0.3 is 0 Å². The van der Waals surface area contributed by atoms with Crippen LogP contribution in [0.4, 0.5) is 0 Å². The fraction of sp³-hybridized carbons (Fsp3) is 1.00. The van der Waals surface area contributed by atoms with E-state index in [1.54, 1.807) is 0 Å². The van der Waals surface area contributed by atoms with E-state index in [1.807, 2.05) is 0 Å². The number of hydrogen-bond acceptors (Lipinski definition) is 2. The van der Waals surface area contributed by atoms with Crippen LogP contribution in [0.5, 0.6) is 0 Å². The smallest absolute Gasteiger partial charge is 0.0692 e. The topological polar surface area (TPSA) is 32.3 Å². The van der Waals surface area contributed by atoms with Crippen LogP contribution in [0.1, 0.15) is 52.4 Å². The van der Waals surface area contributed by atoms with Gasteiger partial charge in [0, 0.05) is 6.54 Å². The predicted octanol–water partition coefficient (Wildman–Crippen LogP) is 2.56. The van der Waals surface area contributed by atoms with Crippen LogP contribution in [-0.2, 0) is 0 Å². The highest BCUT2D eigenvalue weighted by Gasteiger charge is 2.25. The summed E-state index contributed by atoms with van der Waals surface area (Å²) >= 11 is 0. The monoisotopic (exact) mass is 213 g/mol. The molecule has 1 aliphatic carbocycles. The van der Waals surface area contributed by atoms with Gasteiger partial charge in [0.25, 0.3) is 0 Å². The molecule has 0 spiro atoms. The average Bonchev–Trinajstić information content (AvgIpc) is 2.29. The maximum Gasteiger partial charge on any atom is 0.0692 e. The maximum absolute atomic E-state index is 10.1. The van der Waals surface area contributed by atoms with Crippen LogP contribution < -0.4 is 5.32 Å². The second-order valence-electron chi connectivity index (χ2n) is 4.97. The van der Waals surface area contributed by atoms with Crippen molar-refractivity contribution in [3.05, 3.63) is 0 Å². The molecule has 0 aromatic rings. The molecule has 0 bridgehead atoms. The summed E-state index contributed by atoms with van der Waals surface area (Å²) in [5.74, 6) is 1.41. The lowest BCUT2D eigenvalue weighted by molar-refractivity contribution is 0.0681. The van der Waals surface area contributed by atoms with Crippen molar-refractivity contribution in [2.75, 3.05) is 13.1 Å². The summed E-state index contributed by atoms with van der Waals surface area (Å²) in [4.78, 5) is 0. The SMILES string of the molecule is CCCNCC(O)C1CCCC(CC)C1. The standard InChI is InChI=1S/C13H27NO/c1-3-8-14-10-13(15)12-7-5-6-11(4-2)9-12/h11-15H,3-10H2,1-2H3. The van der Waals surface area contributed by atoms with Crippen LogP contribution in [-0.4, -0.2) is 24.3 Å². The van der Waals surface area contributed by atoms with E-state index in [4.69, 9.17) is 0 Å². The molecular weight excluding hydrogens is 186 g/mol. The quantitative estimate of drug-likeness (QED) is 0.665. The Kier molecular flexibility index (Phi) is 6.26. The Morgan fingerprint density at radius 1 is 1.33 bits per heavy atom. The van der Waals surface area contributed by atoms with Gasteiger partial charge < -0.3 is 10.4 Å². The second kappa shape index (κ2) is 7.24. The molecule has 0 amide bonds. The fourth-order valence-electron chi connectivity index (χ4n) is 2.65. The molecular formula is C13H27NO. The van der Waals surface area contributed by atoms with Gasteiger partial charge in [0.15, 0.2) is 0 Å². The van der Waals surface area contributed by atoms with Gasteiger partial charge in [0.05, 0.1) is 6.10 Å². The lowest BCUT2D eigenvalue weighted by Gasteiger charge is -2.31. The molecule has 0 aromatic heterocycles. The third-order valence-corrected chi connectivity index (χ3v) is 3.73. The molecule has 1 rings (SSSR count). The predicted molar refractivity (Wildman–Crippen MR) is 64.9 cm³/mol. The van der Waals surface area contributed by atoms with Gasteiger partial charge in [-0.25, -0.2) is 0 Å². The van der Waals surface area contributed by atoms with Gasteiger partial charge in [-0.05, 0) is 37.6 Å². The summed E-state index contributed by atoms with van der Waals surface area (Å²) in [5.41, 5.74) is 0. The summed E-state index contributed by atoms with van der Waals surface area (Å²) in [6, 6.07) is 0. The van der Waals surface area contributed by atoms with E-state index in [9.17, 15) is 5.11 Å². The van der Waals surface area contributed by atoms with E-state index >= 15 is 0 Å². The van der Waals surface area contributed by atoms with Crippen LogP contribution in [0.3, 0.4) is 0 Å². The summed E-state index contributed by atoms with van der Waals surface area (Å²) in [6.45, 7) is 6.25. The molecule has 0 heterocycles. The van der Waals surface area contributed by atoms with E-state index in [0.717, 1.165) is 25.4 Å². The van der Waals surface area contributed by atoms with Crippen molar-refractivity contribution < 1.29 is 5.11 Å². The van der Waals surface area contributed by atoms with Crippen LogP contribution >= 0.6 is 0 Å². The first-order valence-corrected chi connectivity index (χ1v) is 6.66. The van der Waals surface area contributed by atoms with Gasteiger partial charge in [-0.15, -0.1) is 0 Å². The van der Waals surface area contributed by atoms with Crippen LogP contribution in [0, 0.1) is 11.8 Å². The third-order valence-electron chi connectivity index (χ3n) is 3.73. The van der Waals surface area contributed by atoms with Crippen LogP contribution in [0.15, 0.2) is 0 Å². The summed E-state index contributed by atoms with van der Waals surface area (Å²) in [7, 11) is 0. The second-order valence-corrected chi connectivity index (χ2v) is 4.97. The van der Waals surface area contributed by atoms with Gasteiger partial charge in [-0.1, -0.05) is 33.1 Å². The zero-order valence-electron chi connectivity index (χ0n) is 10.3. The molecule has 2 heteroatoms. The van der Waals surface area contributed by atoms with Crippen molar-refractivity contribution in [3.8, 4) is 0 Å².